The predicted octanol–water partition coefficient (Wildman–Crippen LogP) is 3.53. The molecule has 1 aromatic rings. The molecule has 2 unspecified atom stereocenters. The Morgan fingerprint density at radius 1 is 1.39 bits per heavy atom. The fourth-order valence-electron chi connectivity index (χ4n) is 1.31. The van der Waals surface area contributed by atoms with Crippen molar-refractivity contribution in [2.24, 2.45) is 5.73 Å². The second kappa shape index (κ2) is 5.75. The largest absolute Gasteiger partial charge is 0.479 e. The number of nitrogens with two attached hydrogens (primary N) is 1. The zero-order chi connectivity index (χ0) is 13.9. The van der Waals surface area contributed by atoms with E-state index in [1.54, 1.807) is 0 Å². The van der Waals surface area contributed by atoms with Gasteiger partial charge in [-0.3, -0.25) is 0 Å². The number of hydrogen-bond acceptors (Lipinski definition) is 2. The molecule has 0 bridgehead atoms. The van der Waals surface area contributed by atoms with Crippen LogP contribution in [0.5, 0.6) is 5.75 Å². The summed E-state index contributed by atoms with van der Waals surface area (Å²) < 4.78 is 55.8. The van der Waals surface area contributed by atoms with Crippen LogP contribution in [0.1, 0.15) is 13.3 Å². The summed E-state index contributed by atoms with van der Waals surface area (Å²) in [6.07, 6.45) is -6.65. The molecular formula is C11H12ClF4NO. The van der Waals surface area contributed by atoms with Crippen molar-refractivity contribution in [3.63, 3.8) is 0 Å². The molecule has 102 valence electrons. The van der Waals surface area contributed by atoms with Gasteiger partial charge in [-0.25, -0.2) is 4.39 Å². The number of hydrogen-bond donors (Lipinski definition) is 1. The van der Waals surface area contributed by atoms with Gasteiger partial charge < -0.3 is 10.5 Å². The van der Waals surface area contributed by atoms with Crippen LogP contribution < -0.4 is 10.5 Å². The Kier molecular flexibility index (Phi) is 4.81. The standard InChI is InChI=1S/C11H12ClF4NO/c1-2-9(17)10(11(14,15)16)18-6-3-4-8(13)7(12)5-6/h3-5,9-10H,2,17H2,1H3. The molecule has 1 aromatic carbocycles. The van der Waals surface area contributed by atoms with E-state index in [1.807, 2.05) is 0 Å². The monoisotopic (exact) mass is 285 g/mol. The normalized spacial score (nSPS) is 15.3. The van der Waals surface area contributed by atoms with Crippen LogP contribution in [0.3, 0.4) is 0 Å². The van der Waals surface area contributed by atoms with Crippen LogP contribution in [0.25, 0.3) is 0 Å². The highest BCUT2D eigenvalue weighted by molar-refractivity contribution is 6.30. The number of benzene rings is 1. The van der Waals surface area contributed by atoms with Crippen LogP contribution in [-0.4, -0.2) is 18.3 Å². The minimum Gasteiger partial charge on any atom is -0.479 e. The SMILES string of the molecule is CCC(N)C(Oc1ccc(F)c(Cl)c1)C(F)(F)F. The van der Waals surface area contributed by atoms with Gasteiger partial charge in [0.1, 0.15) is 11.6 Å². The first-order valence-corrected chi connectivity index (χ1v) is 5.57. The van der Waals surface area contributed by atoms with Crippen molar-refractivity contribution in [2.75, 3.05) is 0 Å². The Bertz CT molecular complexity index is 411. The van der Waals surface area contributed by atoms with E-state index in [4.69, 9.17) is 22.1 Å². The van der Waals surface area contributed by atoms with Crippen LogP contribution in [0.4, 0.5) is 17.6 Å². The first-order chi connectivity index (χ1) is 8.25. The molecule has 0 aliphatic heterocycles. The molecule has 7 heteroatoms. The summed E-state index contributed by atoms with van der Waals surface area (Å²) in [6, 6.07) is 1.79. The molecule has 0 radical (unpaired) electrons. The maximum Gasteiger partial charge on any atom is 0.426 e. The van der Waals surface area contributed by atoms with Gasteiger partial charge >= 0.3 is 6.18 Å². The molecule has 0 aliphatic carbocycles. The second-order valence-electron chi connectivity index (χ2n) is 3.73. The minimum atomic E-state index is -4.60. The van der Waals surface area contributed by atoms with Gasteiger partial charge in [0.2, 0.25) is 6.10 Å². The summed E-state index contributed by atoms with van der Waals surface area (Å²) in [5.74, 6) is -0.903. The first-order valence-electron chi connectivity index (χ1n) is 5.19. The topological polar surface area (TPSA) is 35.2 Å². The van der Waals surface area contributed by atoms with Crippen molar-refractivity contribution in [1.29, 1.82) is 0 Å². The third-order valence-corrected chi connectivity index (χ3v) is 2.63. The zero-order valence-electron chi connectivity index (χ0n) is 9.47. The summed E-state index contributed by atoms with van der Waals surface area (Å²) >= 11 is 5.46. The molecule has 0 aliphatic rings. The second-order valence-corrected chi connectivity index (χ2v) is 4.14. The van der Waals surface area contributed by atoms with Gasteiger partial charge in [-0.15, -0.1) is 0 Å². The molecule has 0 amide bonds. The molecule has 0 spiro atoms. The highest BCUT2D eigenvalue weighted by atomic mass is 35.5. The molecule has 2 atom stereocenters. The smallest absolute Gasteiger partial charge is 0.426 e. The average molecular weight is 286 g/mol. The van der Waals surface area contributed by atoms with E-state index < -0.39 is 24.1 Å². The van der Waals surface area contributed by atoms with Crippen molar-refractivity contribution in [3.05, 3.63) is 29.0 Å². The lowest BCUT2D eigenvalue weighted by molar-refractivity contribution is -0.200. The summed E-state index contributed by atoms with van der Waals surface area (Å²) in [5, 5.41) is -0.307. The Balaban J connectivity index is 2.93. The zero-order valence-corrected chi connectivity index (χ0v) is 10.2. The fourth-order valence-corrected chi connectivity index (χ4v) is 1.48. The van der Waals surface area contributed by atoms with Gasteiger partial charge in [-0.05, 0) is 18.6 Å². The van der Waals surface area contributed by atoms with Crippen LogP contribution in [0.2, 0.25) is 5.02 Å². The molecule has 0 saturated carbocycles. The molecule has 1 rings (SSSR count). The van der Waals surface area contributed by atoms with Gasteiger partial charge in [-0.1, -0.05) is 18.5 Å². The van der Waals surface area contributed by atoms with Crippen LogP contribution >= 0.6 is 11.6 Å². The van der Waals surface area contributed by atoms with E-state index in [0.717, 1.165) is 18.2 Å². The molecule has 0 aromatic heterocycles. The number of alkyl halides is 3. The minimum absolute atomic E-state index is 0.0963. The Morgan fingerprint density at radius 3 is 2.44 bits per heavy atom. The van der Waals surface area contributed by atoms with Crippen LogP contribution in [-0.2, 0) is 0 Å². The van der Waals surface area contributed by atoms with Gasteiger partial charge in [0.25, 0.3) is 0 Å². The molecule has 0 fully saturated rings. The van der Waals surface area contributed by atoms with E-state index in [0.29, 0.717) is 0 Å². The summed E-state index contributed by atoms with van der Waals surface area (Å²) in [5.41, 5.74) is 5.37. The van der Waals surface area contributed by atoms with Gasteiger partial charge in [-0.2, -0.15) is 13.2 Å². The van der Waals surface area contributed by atoms with E-state index in [1.165, 1.54) is 6.92 Å². The maximum atomic E-state index is 12.9. The van der Waals surface area contributed by atoms with Crippen molar-refractivity contribution in [2.45, 2.75) is 31.7 Å². The van der Waals surface area contributed by atoms with Crippen molar-refractivity contribution in [1.82, 2.24) is 0 Å². The fraction of sp³-hybridized carbons (Fsp3) is 0.455. The van der Waals surface area contributed by atoms with E-state index >= 15 is 0 Å². The van der Waals surface area contributed by atoms with Crippen LogP contribution in [0.15, 0.2) is 18.2 Å². The predicted molar refractivity (Wildman–Crippen MR) is 60.1 cm³/mol. The highest BCUT2D eigenvalue weighted by Crippen LogP contribution is 2.29. The van der Waals surface area contributed by atoms with Crippen molar-refractivity contribution in [3.8, 4) is 5.75 Å². The average Bonchev–Trinajstić information content (AvgIpc) is 2.28. The summed E-state index contributed by atoms with van der Waals surface area (Å²) in [7, 11) is 0. The highest BCUT2D eigenvalue weighted by Gasteiger charge is 2.45. The third-order valence-electron chi connectivity index (χ3n) is 2.34. The van der Waals surface area contributed by atoms with E-state index in [9.17, 15) is 17.6 Å². The Labute approximate surface area is 107 Å². The molecular weight excluding hydrogens is 274 g/mol. The van der Waals surface area contributed by atoms with Crippen LogP contribution in [0, 0.1) is 5.82 Å². The lowest BCUT2D eigenvalue weighted by atomic mass is 10.1. The third kappa shape index (κ3) is 3.74. The first kappa shape index (κ1) is 15.0. The number of ether oxygens (including phenoxy) is 1. The molecule has 0 heterocycles. The molecule has 2 nitrogen and oxygen atoms in total. The number of halogens is 5. The Morgan fingerprint density at radius 2 is 2.00 bits per heavy atom. The lowest BCUT2D eigenvalue weighted by Crippen LogP contribution is -2.48. The van der Waals surface area contributed by atoms with Crippen molar-refractivity contribution < 1.29 is 22.3 Å². The van der Waals surface area contributed by atoms with Gasteiger partial charge in [0.15, 0.2) is 0 Å². The Hall–Kier alpha value is -1.01. The molecule has 2 N–H and O–H groups in total. The van der Waals surface area contributed by atoms with Gasteiger partial charge in [0, 0.05) is 6.07 Å². The lowest BCUT2D eigenvalue weighted by Gasteiger charge is -2.26. The maximum absolute atomic E-state index is 12.9. The molecule has 0 saturated heterocycles. The van der Waals surface area contributed by atoms with E-state index in [2.05, 4.69) is 0 Å². The summed E-state index contributed by atoms with van der Waals surface area (Å²) in [6.45, 7) is 1.52. The van der Waals surface area contributed by atoms with Gasteiger partial charge in [0.05, 0.1) is 11.1 Å². The van der Waals surface area contributed by atoms with E-state index in [-0.39, 0.29) is 17.2 Å². The van der Waals surface area contributed by atoms with Crippen molar-refractivity contribution >= 4 is 11.6 Å². The molecule has 18 heavy (non-hydrogen) atoms. The number of rotatable bonds is 4. The summed E-state index contributed by atoms with van der Waals surface area (Å²) in [4.78, 5) is 0. The quantitative estimate of drug-likeness (QED) is 0.859.